The van der Waals surface area contributed by atoms with E-state index in [1.54, 1.807) is 0 Å². The molecule has 1 saturated heterocycles. The first-order valence-corrected chi connectivity index (χ1v) is 10.2. The molecule has 2 N–H and O–H groups in total. The van der Waals surface area contributed by atoms with Crippen LogP contribution in [0.25, 0.3) is 0 Å². The topological polar surface area (TPSA) is 52.6 Å². The number of hydrogen-bond acceptors (Lipinski definition) is 4. The summed E-state index contributed by atoms with van der Waals surface area (Å²) >= 11 is 1.84. The summed E-state index contributed by atoms with van der Waals surface area (Å²) in [6.07, 6.45) is 4.43. The van der Waals surface area contributed by atoms with Crippen LogP contribution in [0.2, 0.25) is 0 Å². The number of aromatic nitrogens is 1. The highest BCUT2D eigenvalue weighted by Gasteiger charge is 2.13. The first-order chi connectivity index (χ1) is 12.8. The average molecular weight is 370 g/mol. The van der Waals surface area contributed by atoms with Crippen molar-refractivity contribution in [3.8, 4) is 0 Å². The lowest BCUT2D eigenvalue weighted by molar-refractivity contribution is 0.828. The van der Waals surface area contributed by atoms with Crippen LogP contribution in [0.3, 0.4) is 0 Å². The molecule has 0 saturated carbocycles. The van der Waals surface area contributed by atoms with Crippen molar-refractivity contribution >= 4 is 23.5 Å². The number of pyridine rings is 1. The van der Waals surface area contributed by atoms with Crippen molar-refractivity contribution < 1.29 is 0 Å². The van der Waals surface area contributed by atoms with Gasteiger partial charge in [-0.2, -0.15) is 0 Å². The Bertz CT molecular complexity index is 698. The van der Waals surface area contributed by atoms with E-state index in [2.05, 4.69) is 61.9 Å². The molecule has 1 aromatic heterocycles. The molecule has 2 aromatic rings. The minimum absolute atomic E-state index is 0.745. The number of thioether (sulfide) groups is 1. The second-order valence-corrected chi connectivity index (χ2v) is 7.40. The molecule has 0 unspecified atom stereocenters. The van der Waals surface area contributed by atoms with Crippen LogP contribution >= 0.6 is 11.8 Å². The van der Waals surface area contributed by atoms with Gasteiger partial charge in [-0.25, -0.2) is 4.98 Å². The van der Waals surface area contributed by atoms with Crippen LogP contribution in [0.1, 0.15) is 18.4 Å². The summed E-state index contributed by atoms with van der Waals surface area (Å²) in [5.41, 5.74) is 1.23. The smallest absolute Gasteiger partial charge is 0.191 e. The Balaban J connectivity index is 1.41. The average Bonchev–Trinajstić information content (AvgIpc) is 3.23. The Hall–Kier alpha value is -2.21. The van der Waals surface area contributed by atoms with Gasteiger partial charge in [0, 0.05) is 50.1 Å². The van der Waals surface area contributed by atoms with Crippen LogP contribution < -0.4 is 15.5 Å². The lowest BCUT2D eigenvalue weighted by Crippen LogP contribution is -2.38. The maximum atomic E-state index is 4.51. The molecule has 0 spiro atoms. The molecule has 0 atom stereocenters. The molecule has 1 aromatic carbocycles. The molecule has 3 rings (SSSR count). The highest BCUT2D eigenvalue weighted by Crippen LogP contribution is 2.18. The van der Waals surface area contributed by atoms with Crippen LogP contribution in [0.4, 0.5) is 5.82 Å². The summed E-state index contributed by atoms with van der Waals surface area (Å²) in [4.78, 5) is 12.5. The molecule has 1 aliphatic rings. The van der Waals surface area contributed by atoms with Gasteiger partial charge >= 0.3 is 0 Å². The Morgan fingerprint density at radius 2 is 1.96 bits per heavy atom. The summed E-state index contributed by atoms with van der Waals surface area (Å²) in [6.45, 7) is 3.85. The minimum atomic E-state index is 0.745. The summed E-state index contributed by atoms with van der Waals surface area (Å²) in [5, 5.41) is 6.76. The highest BCUT2D eigenvalue weighted by molar-refractivity contribution is 7.99. The largest absolute Gasteiger partial charge is 0.357 e. The fourth-order valence-corrected chi connectivity index (χ4v) is 3.74. The van der Waals surface area contributed by atoms with Crippen molar-refractivity contribution in [2.24, 2.45) is 4.99 Å². The van der Waals surface area contributed by atoms with Crippen molar-refractivity contribution in [2.75, 3.05) is 37.3 Å². The fraction of sp³-hybridized carbons (Fsp3) is 0.400. The molecule has 6 heteroatoms. The van der Waals surface area contributed by atoms with Gasteiger partial charge in [-0.1, -0.05) is 18.2 Å². The molecule has 0 aliphatic carbocycles. The van der Waals surface area contributed by atoms with E-state index in [0.29, 0.717) is 0 Å². The molecule has 0 bridgehead atoms. The number of guanidine groups is 1. The zero-order chi connectivity index (χ0) is 18.0. The Kier molecular flexibility index (Phi) is 7.19. The third-order valence-electron chi connectivity index (χ3n) is 4.33. The quantitative estimate of drug-likeness (QED) is 0.340. The van der Waals surface area contributed by atoms with E-state index in [1.165, 1.54) is 23.3 Å². The molecule has 0 amide bonds. The lowest BCUT2D eigenvalue weighted by atomic mass is 10.2. The zero-order valence-electron chi connectivity index (χ0n) is 15.3. The third kappa shape index (κ3) is 5.66. The van der Waals surface area contributed by atoms with Gasteiger partial charge in [0.15, 0.2) is 5.96 Å². The lowest BCUT2D eigenvalue weighted by Gasteiger charge is -2.17. The SMILES string of the molecule is CN=C(NCCSc1ccccc1)NCc1ccnc(N2CCCC2)c1. The minimum Gasteiger partial charge on any atom is -0.357 e. The number of anilines is 1. The number of nitrogens with one attached hydrogen (secondary N) is 2. The second-order valence-electron chi connectivity index (χ2n) is 6.23. The van der Waals surface area contributed by atoms with Crippen molar-refractivity contribution in [2.45, 2.75) is 24.3 Å². The van der Waals surface area contributed by atoms with E-state index in [-0.39, 0.29) is 0 Å². The van der Waals surface area contributed by atoms with Crippen molar-refractivity contribution in [1.29, 1.82) is 0 Å². The van der Waals surface area contributed by atoms with Crippen LogP contribution in [-0.2, 0) is 6.54 Å². The predicted octanol–water partition coefficient (Wildman–Crippen LogP) is 3.14. The second kappa shape index (κ2) is 10.1. The van der Waals surface area contributed by atoms with Gasteiger partial charge < -0.3 is 15.5 Å². The van der Waals surface area contributed by atoms with Gasteiger partial charge in [0.2, 0.25) is 0 Å². The molecule has 138 valence electrons. The van der Waals surface area contributed by atoms with Gasteiger partial charge in [0.1, 0.15) is 5.82 Å². The van der Waals surface area contributed by atoms with Crippen LogP contribution in [-0.4, -0.2) is 43.4 Å². The normalized spacial score (nSPS) is 14.5. The third-order valence-corrected chi connectivity index (χ3v) is 5.34. The van der Waals surface area contributed by atoms with E-state index >= 15 is 0 Å². The van der Waals surface area contributed by atoms with Gasteiger partial charge in [-0.15, -0.1) is 11.8 Å². The van der Waals surface area contributed by atoms with Gasteiger partial charge in [0.05, 0.1) is 0 Å². The summed E-state index contributed by atoms with van der Waals surface area (Å²) in [5.74, 6) is 2.92. The van der Waals surface area contributed by atoms with Gasteiger partial charge in [-0.05, 0) is 42.7 Å². The molecule has 26 heavy (non-hydrogen) atoms. The first kappa shape index (κ1) is 18.6. The van der Waals surface area contributed by atoms with Crippen LogP contribution in [0.15, 0.2) is 58.5 Å². The van der Waals surface area contributed by atoms with E-state index in [1.807, 2.05) is 31.1 Å². The molecule has 2 heterocycles. The maximum Gasteiger partial charge on any atom is 0.191 e. The summed E-state index contributed by atoms with van der Waals surface area (Å²) in [6, 6.07) is 14.7. The van der Waals surface area contributed by atoms with Gasteiger partial charge in [0.25, 0.3) is 0 Å². The molecule has 5 nitrogen and oxygen atoms in total. The maximum absolute atomic E-state index is 4.51. The number of rotatable bonds is 7. The van der Waals surface area contributed by atoms with Crippen molar-refractivity contribution in [1.82, 2.24) is 15.6 Å². The van der Waals surface area contributed by atoms with Crippen molar-refractivity contribution in [3.05, 3.63) is 54.2 Å². The van der Waals surface area contributed by atoms with Crippen LogP contribution in [0.5, 0.6) is 0 Å². The molecule has 1 fully saturated rings. The number of nitrogens with zero attached hydrogens (tertiary/aromatic N) is 3. The first-order valence-electron chi connectivity index (χ1n) is 9.17. The van der Waals surface area contributed by atoms with Gasteiger partial charge in [-0.3, -0.25) is 4.99 Å². The predicted molar refractivity (Wildman–Crippen MR) is 111 cm³/mol. The molecular formula is C20H27N5S. The Labute approximate surface area is 160 Å². The van der Waals surface area contributed by atoms with E-state index in [9.17, 15) is 0 Å². The highest BCUT2D eigenvalue weighted by atomic mass is 32.2. The molecule has 1 aliphatic heterocycles. The zero-order valence-corrected chi connectivity index (χ0v) is 16.1. The summed E-state index contributed by atoms with van der Waals surface area (Å²) in [7, 11) is 1.81. The molecular weight excluding hydrogens is 342 g/mol. The van der Waals surface area contributed by atoms with E-state index < -0.39 is 0 Å². The van der Waals surface area contributed by atoms with Crippen LogP contribution in [0, 0.1) is 0 Å². The number of hydrogen-bond donors (Lipinski definition) is 2. The van der Waals surface area contributed by atoms with Crippen molar-refractivity contribution in [3.63, 3.8) is 0 Å². The number of aliphatic imine (C=N–C) groups is 1. The Morgan fingerprint density at radius 1 is 1.15 bits per heavy atom. The monoisotopic (exact) mass is 369 g/mol. The standard InChI is InChI=1S/C20H27N5S/c1-21-20(23-11-14-26-18-7-3-2-4-8-18)24-16-17-9-10-22-19(15-17)25-12-5-6-13-25/h2-4,7-10,15H,5-6,11-14,16H2,1H3,(H2,21,23,24). The Morgan fingerprint density at radius 3 is 2.73 bits per heavy atom. The fourth-order valence-electron chi connectivity index (χ4n) is 2.95. The summed E-state index contributed by atoms with van der Waals surface area (Å²) < 4.78 is 0. The van der Waals surface area contributed by atoms with E-state index in [4.69, 9.17) is 0 Å². The molecule has 0 radical (unpaired) electrons. The van der Waals surface area contributed by atoms with E-state index in [0.717, 1.165) is 43.7 Å². The number of benzene rings is 1.